The molecule has 4 aliphatic rings. The molecule has 0 amide bonds. The van der Waals surface area contributed by atoms with Crippen molar-refractivity contribution in [2.45, 2.75) is 176 Å². The normalized spacial score (nSPS) is 46.6. The fraction of sp³-hybridized carbons (Fsp3) is 0.933. The molecule has 0 bridgehead atoms. The minimum atomic E-state index is -0.666. The Hall–Kier alpha value is -0.0200. The molecule has 4 rings (SSSR count). The van der Waals surface area contributed by atoms with E-state index in [2.05, 4.69) is 50.2 Å². The predicted octanol–water partition coefficient (Wildman–Crippen LogP) is 5.99. The van der Waals surface area contributed by atoms with Gasteiger partial charge in [-0.1, -0.05) is 22.5 Å². The van der Waals surface area contributed by atoms with Gasteiger partial charge >= 0.3 is 0 Å². The molecule has 0 aliphatic carbocycles. The molecular formula is C30H51BrO6. The molecule has 6 nitrogen and oxygen atoms in total. The highest BCUT2D eigenvalue weighted by molar-refractivity contribution is 9.09. The van der Waals surface area contributed by atoms with Crippen LogP contribution >= 0.6 is 15.9 Å². The number of ether oxygens (including phenoxy) is 4. The summed E-state index contributed by atoms with van der Waals surface area (Å²) in [5, 5.41) is 21.3. The molecule has 0 aromatic heterocycles. The third-order valence-corrected chi connectivity index (χ3v) is 11.5. The van der Waals surface area contributed by atoms with Crippen LogP contribution in [0.25, 0.3) is 0 Å². The molecule has 0 radical (unpaired) electrons. The molecule has 0 aromatic carbocycles. The van der Waals surface area contributed by atoms with Crippen molar-refractivity contribution in [2.75, 3.05) is 0 Å². The Morgan fingerprint density at radius 3 is 2.16 bits per heavy atom. The molecule has 4 saturated heterocycles. The fourth-order valence-corrected chi connectivity index (χ4v) is 7.46. The number of hydrogen-bond acceptors (Lipinski definition) is 6. The summed E-state index contributed by atoms with van der Waals surface area (Å²) >= 11 is 3.80. The van der Waals surface area contributed by atoms with Crippen LogP contribution in [0, 0.1) is 0 Å². The molecule has 9 atom stereocenters. The first-order valence-corrected chi connectivity index (χ1v) is 15.3. The fourth-order valence-electron chi connectivity index (χ4n) is 7.14. The van der Waals surface area contributed by atoms with Crippen LogP contribution in [0.4, 0.5) is 0 Å². The van der Waals surface area contributed by atoms with E-state index >= 15 is 0 Å². The summed E-state index contributed by atoms with van der Waals surface area (Å²) in [6.07, 6.45) is 7.23. The van der Waals surface area contributed by atoms with Gasteiger partial charge in [-0.2, -0.15) is 0 Å². The van der Waals surface area contributed by atoms with Crippen LogP contribution in [0.1, 0.15) is 113 Å². The molecule has 0 saturated carbocycles. The van der Waals surface area contributed by atoms with Gasteiger partial charge in [0.05, 0.1) is 58.5 Å². The maximum Gasteiger partial charge on any atom is 0.0924 e. The SMILES string of the molecule is C=C(CCC(O)C1(C)CCC(O)C(C)(C)O1)C1CCC2OC(C3(C)CCC(Br)C(C)(C)O3)CCC2(C)O1. The van der Waals surface area contributed by atoms with E-state index in [1.54, 1.807) is 0 Å². The van der Waals surface area contributed by atoms with E-state index in [4.69, 9.17) is 18.9 Å². The largest absolute Gasteiger partial charge is 0.390 e. The highest BCUT2D eigenvalue weighted by atomic mass is 79.9. The van der Waals surface area contributed by atoms with Crippen molar-refractivity contribution in [2.24, 2.45) is 0 Å². The van der Waals surface area contributed by atoms with Crippen molar-refractivity contribution in [1.29, 1.82) is 0 Å². The van der Waals surface area contributed by atoms with Crippen molar-refractivity contribution in [1.82, 2.24) is 0 Å². The molecule has 0 spiro atoms. The molecule has 9 unspecified atom stereocenters. The van der Waals surface area contributed by atoms with Crippen LogP contribution in [0.3, 0.4) is 0 Å². The summed E-state index contributed by atoms with van der Waals surface area (Å²) in [6, 6.07) is 0. The highest BCUT2D eigenvalue weighted by Gasteiger charge is 2.54. The Bertz CT molecular complexity index is 846. The molecule has 0 aromatic rings. The molecule has 7 heteroatoms. The molecule has 37 heavy (non-hydrogen) atoms. The first kappa shape index (κ1) is 30.0. The van der Waals surface area contributed by atoms with Crippen molar-refractivity contribution in [3.05, 3.63) is 12.2 Å². The molecule has 4 heterocycles. The number of fused-ring (bicyclic) bond motifs is 1. The average molecular weight is 588 g/mol. The summed E-state index contributed by atoms with van der Waals surface area (Å²) in [6.45, 7) is 18.9. The predicted molar refractivity (Wildman–Crippen MR) is 149 cm³/mol. The van der Waals surface area contributed by atoms with Gasteiger partial charge in [-0.3, -0.25) is 0 Å². The van der Waals surface area contributed by atoms with Crippen LogP contribution in [0.15, 0.2) is 12.2 Å². The number of aliphatic hydroxyl groups excluding tert-OH is 2. The molecule has 4 aliphatic heterocycles. The lowest BCUT2D eigenvalue weighted by atomic mass is 9.76. The van der Waals surface area contributed by atoms with Crippen LogP contribution in [-0.4, -0.2) is 73.6 Å². The van der Waals surface area contributed by atoms with E-state index in [1.807, 2.05) is 20.8 Å². The second-order valence-corrected chi connectivity index (χ2v) is 15.1. The number of alkyl halides is 1. The van der Waals surface area contributed by atoms with E-state index < -0.39 is 23.4 Å². The van der Waals surface area contributed by atoms with Crippen molar-refractivity contribution in [3.63, 3.8) is 0 Å². The van der Waals surface area contributed by atoms with E-state index in [9.17, 15) is 10.2 Å². The van der Waals surface area contributed by atoms with Gasteiger partial charge in [0.15, 0.2) is 0 Å². The third-order valence-electron chi connectivity index (χ3n) is 9.95. The Labute approximate surface area is 233 Å². The van der Waals surface area contributed by atoms with Gasteiger partial charge in [0, 0.05) is 4.83 Å². The standard InChI is InChI=1S/C30H51BrO6/c1-19(9-11-23(33)28(6)17-14-22(32)27(4,5)37-28)20-10-12-24-29(7,35-20)18-15-25(34-24)30(8)16-13-21(31)26(2,3)36-30/h20-25,32-33H,1,9-18H2,2-8H3. The Balaban J connectivity index is 1.31. The zero-order chi connectivity index (χ0) is 27.4. The molecule has 4 fully saturated rings. The molecular weight excluding hydrogens is 536 g/mol. The minimum Gasteiger partial charge on any atom is -0.390 e. The van der Waals surface area contributed by atoms with Crippen LogP contribution in [-0.2, 0) is 18.9 Å². The lowest BCUT2D eigenvalue weighted by molar-refractivity contribution is -0.285. The van der Waals surface area contributed by atoms with Gasteiger partial charge < -0.3 is 29.2 Å². The topological polar surface area (TPSA) is 77.4 Å². The van der Waals surface area contributed by atoms with Gasteiger partial charge in [-0.05, 0) is 118 Å². The van der Waals surface area contributed by atoms with Crippen LogP contribution < -0.4 is 0 Å². The van der Waals surface area contributed by atoms with Gasteiger partial charge in [-0.15, -0.1) is 0 Å². The lowest BCUT2D eigenvalue weighted by Crippen LogP contribution is -2.62. The summed E-state index contributed by atoms with van der Waals surface area (Å²) in [5.74, 6) is 0. The second kappa shape index (κ2) is 10.4. The summed E-state index contributed by atoms with van der Waals surface area (Å²) in [4.78, 5) is 0.357. The van der Waals surface area contributed by atoms with Gasteiger partial charge in [0.1, 0.15) is 0 Å². The molecule has 2 N–H and O–H groups in total. The summed E-state index contributed by atoms with van der Waals surface area (Å²) < 4.78 is 26.3. The van der Waals surface area contributed by atoms with Crippen molar-refractivity contribution in [3.8, 4) is 0 Å². The highest BCUT2D eigenvalue weighted by Crippen LogP contribution is 2.48. The van der Waals surface area contributed by atoms with E-state index in [0.29, 0.717) is 30.5 Å². The quantitative estimate of drug-likeness (QED) is 0.294. The van der Waals surface area contributed by atoms with Crippen molar-refractivity contribution < 1.29 is 29.2 Å². The van der Waals surface area contributed by atoms with Gasteiger partial charge in [0.25, 0.3) is 0 Å². The van der Waals surface area contributed by atoms with E-state index in [0.717, 1.165) is 44.1 Å². The number of rotatable bonds is 6. The zero-order valence-corrected chi connectivity index (χ0v) is 25.7. The number of halogens is 1. The third kappa shape index (κ3) is 6.03. The maximum atomic E-state index is 11.0. The Morgan fingerprint density at radius 2 is 1.51 bits per heavy atom. The summed E-state index contributed by atoms with van der Waals surface area (Å²) in [7, 11) is 0. The van der Waals surface area contributed by atoms with E-state index in [1.165, 1.54) is 0 Å². The number of hydrogen-bond donors (Lipinski definition) is 2. The van der Waals surface area contributed by atoms with E-state index in [-0.39, 0.29) is 35.1 Å². The first-order valence-electron chi connectivity index (χ1n) is 14.4. The Kier molecular flexibility index (Phi) is 8.44. The second-order valence-electron chi connectivity index (χ2n) is 14.0. The Morgan fingerprint density at radius 1 is 0.865 bits per heavy atom. The van der Waals surface area contributed by atoms with Crippen molar-refractivity contribution >= 4 is 15.9 Å². The zero-order valence-electron chi connectivity index (χ0n) is 24.1. The minimum absolute atomic E-state index is 0.0263. The molecule has 214 valence electrons. The van der Waals surface area contributed by atoms with Crippen LogP contribution in [0.5, 0.6) is 0 Å². The maximum absolute atomic E-state index is 11.0. The van der Waals surface area contributed by atoms with Crippen LogP contribution in [0.2, 0.25) is 0 Å². The first-order chi connectivity index (χ1) is 17.0. The monoisotopic (exact) mass is 586 g/mol. The van der Waals surface area contributed by atoms with Gasteiger partial charge in [-0.25, -0.2) is 0 Å². The number of aliphatic hydroxyl groups is 2. The summed E-state index contributed by atoms with van der Waals surface area (Å²) in [5.41, 5.74) is -1.13. The smallest absolute Gasteiger partial charge is 0.0924 e. The average Bonchev–Trinajstić information content (AvgIpc) is 2.81. The van der Waals surface area contributed by atoms with Gasteiger partial charge in [0.2, 0.25) is 0 Å². The lowest BCUT2D eigenvalue weighted by Gasteiger charge is -2.55.